The zero-order valence-corrected chi connectivity index (χ0v) is 13.8. The van der Waals surface area contributed by atoms with Crippen LogP contribution in [0.1, 0.15) is 32.8 Å². The molecule has 0 aromatic heterocycles. The van der Waals surface area contributed by atoms with Gasteiger partial charge in [0.2, 0.25) is 0 Å². The van der Waals surface area contributed by atoms with E-state index in [2.05, 4.69) is 56.8 Å². The molecule has 3 nitrogen and oxygen atoms in total. The Morgan fingerprint density at radius 3 is 2.15 bits per heavy atom. The highest BCUT2D eigenvalue weighted by atomic mass is 15.1. The van der Waals surface area contributed by atoms with E-state index in [-0.39, 0.29) is 5.41 Å². The molecule has 0 radical (unpaired) electrons. The van der Waals surface area contributed by atoms with Gasteiger partial charge >= 0.3 is 0 Å². The maximum Gasteiger partial charge on any atom is 0.0314 e. The van der Waals surface area contributed by atoms with Crippen LogP contribution in [-0.4, -0.2) is 50.1 Å². The smallest absolute Gasteiger partial charge is 0.0314 e. The van der Waals surface area contributed by atoms with E-state index in [4.69, 9.17) is 5.73 Å². The maximum absolute atomic E-state index is 5.78. The Labute approximate surface area is 124 Å². The number of anilines is 1. The van der Waals surface area contributed by atoms with E-state index in [1.807, 2.05) is 12.1 Å². The van der Waals surface area contributed by atoms with E-state index in [0.717, 1.165) is 31.9 Å². The van der Waals surface area contributed by atoms with Gasteiger partial charge in [-0.25, -0.2) is 0 Å². The summed E-state index contributed by atoms with van der Waals surface area (Å²) in [6.07, 6.45) is 1.22. The Bertz CT molecular complexity index is 382. The molecule has 0 spiro atoms. The van der Waals surface area contributed by atoms with Crippen molar-refractivity contribution < 1.29 is 0 Å². The fourth-order valence-electron chi connectivity index (χ4n) is 2.54. The molecule has 114 valence electrons. The molecule has 2 N–H and O–H groups in total. The van der Waals surface area contributed by atoms with Gasteiger partial charge in [-0.05, 0) is 57.8 Å². The SMILES string of the molecule is CCN(CCCN(C)C)CC(C)(C)c1ccc(N)cc1. The summed E-state index contributed by atoms with van der Waals surface area (Å²) < 4.78 is 0. The predicted octanol–water partition coefficient (Wildman–Crippen LogP) is 2.82. The summed E-state index contributed by atoms with van der Waals surface area (Å²) in [7, 11) is 4.27. The largest absolute Gasteiger partial charge is 0.399 e. The Kier molecular flexibility index (Phi) is 6.50. The van der Waals surface area contributed by atoms with Gasteiger partial charge in [0.25, 0.3) is 0 Å². The van der Waals surface area contributed by atoms with Gasteiger partial charge in [-0.15, -0.1) is 0 Å². The number of nitrogen functional groups attached to an aromatic ring is 1. The molecule has 1 rings (SSSR count). The van der Waals surface area contributed by atoms with Crippen LogP contribution in [0.5, 0.6) is 0 Å². The summed E-state index contributed by atoms with van der Waals surface area (Å²) in [6.45, 7) is 11.4. The molecule has 0 heterocycles. The zero-order chi connectivity index (χ0) is 15.2. The van der Waals surface area contributed by atoms with E-state index >= 15 is 0 Å². The molecule has 1 aromatic rings. The summed E-state index contributed by atoms with van der Waals surface area (Å²) in [5.74, 6) is 0. The van der Waals surface area contributed by atoms with Crippen molar-refractivity contribution in [3.63, 3.8) is 0 Å². The molecule has 0 aliphatic heterocycles. The van der Waals surface area contributed by atoms with Crippen LogP contribution >= 0.6 is 0 Å². The van der Waals surface area contributed by atoms with Crippen LogP contribution in [0.3, 0.4) is 0 Å². The molecule has 0 saturated carbocycles. The van der Waals surface area contributed by atoms with E-state index in [1.165, 1.54) is 12.0 Å². The number of hydrogen-bond donors (Lipinski definition) is 1. The summed E-state index contributed by atoms with van der Waals surface area (Å²) in [4.78, 5) is 4.79. The molecule has 0 saturated heterocycles. The monoisotopic (exact) mass is 277 g/mol. The molecule has 1 aromatic carbocycles. The predicted molar refractivity (Wildman–Crippen MR) is 89.2 cm³/mol. The first kappa shape index (κ1) is 17.0. The van der Waals surface area contributed by atoms with Crippen molar-refractivity contribution >= 4 is 5.69 Å². The molecule has 0 bridgehead atoms. The third kappa shape index (κ3) is 5.51. The second kappa shape index (κ2) is 7.65. The van der Waals surface area contributed by atoms with Crippen molar-refractivity contribution in [1.29, 1.82) is 0 Å². The average molecular weight is 277 g/mol. The van der Waals surface area contributed by atoms with Crippen LogP contribution in [0, 0.1) is 0 Å². The number of likely N-dealkylation sites (N-methyl/N-ethyl adjacent to an activating group) is 1. The standard InChI is InChI=1S/C17H31N3/c1-6-20(13-7-12-19(4)5)14-17(2,3)15-8-10-16(18)11-9-15/h8-11H,6-7,12-14,18H2,1-5H3. The van der Waals surface area contributed by atoms with Crippen LogP contribution in [0.25, 0.3) is 0 Å². The number of nitrogens with two attached hydrogens (primary N) is 1. The van der Waals surface area contributed by atoms with Crippen molar-refractivity contribution in [3.8, 4) is 0 Å². The topological polar surface area (TPSA) is 32.5 Å². The van der Waals surface area contributed by atoms with Gasteiger partial charge in [0, 0.05) is 17.6 Å². The Morgan fingerprint density at radius 2 is 1.65 bits per heavy atom. The molecule has 3 heteroatoms. The third-order valence-corrected chi connectivity index (χ3v) is 3.84. The lowest BCUT2D eigenvalue weighted by Crippen LogP contribution is -2.38. The number of hydrogen-bond acceptors (Lipinski definition) is 3. The first-order valence-electron chi connectivity index (χ1n) is 7.58. The minimum absolute atomic E-state index is 0.155. The minimum Gasteiger partial charge on any atom is -0.399 e. The number of benzene rings is 1. The quantitative estimate of drug-likeness (QED) is 0.742. The van der Waals surface area contributed by atoms with Gasteiger partial charge in [-0.2, -0.15) is 0 Å². The van der Waals surface area contributed by atoms with E-state index < -0.39 is 0 Å². The van der Waals surface area contributed by atoms with Crippen molar-refractivity contribution in [3.05, 3.63) is 29.8 Å². The molecule has 20 heavy (non-hydrogen) atoms. The Hall–Kier alpha value is -1.06. The van der Waals surface area contributed by atoms with Crippen LogP contribution in [0.15, 0.2) is 24.3 Å². The molecule has 0 unspecified atom stereocenters. The van der Waals surface area contributed by atoms with Crippen molar-refractivity contribution in [2.75, 3.05) is 46.0 Å². The minimum atomic E-state index is 0.155. The normalized spacial score (nSPS) is 12.3. The highest BCUT2D eigenvalue weighted by Crippen LogP contribution is 2.25. The van der Waals surface area contributed by atoms with Crippen LogP contribution in [-0.2, 0) is 5.41 Å². The Morgan fingerprint density at radius 1 is 1.05 bits per heavy atom. The summed E-state index contributed by atoms with van der Waals surface area (Å²) in [6, 6.07) is 8.31. The molecule has 0 atom stereocenters. The average Bonchev–Trinajstić information content (AvgIpc) is 2.37. The maximum atomic E-state index is 5.78. The molecule has 0 aliphatic carbocycles. The van der Waals surface area contributed by atoms with Crippen molar-refractivity contribution in [2.24, 2.45) is 0 Å². The number of nitrogens with zero attached hydrogens (tertiary/aromatic N) is 2. The summed E-state index contributed by atoms with van der Waals surface area (Å²) >= 11 is 0. The second-order valence-electron chi connectivity index (χ2n) is 6.53. The molecule has 0 fully saturated rings. The van der Waals surface area contributed by atoms with E-state index in [0.29, 0.717) is 0 Å². The first-order valence-corrected chi connectivity index (χ1v) is 7.58. The van der Waals surface area contributed by atoms with Gasteiger partial charge in [-0.3, -0.25) is 0 Å². The molecule has 0 aliphatic rings. The zero-order valence-electron chi connectivity index (χ0n) is 13.8. The lowest BCUT2D eigenvalue weighted by atomic mass is 9.84. The van der Waals surface area contributed by atoms with Crippen LogP contribution in [0.2, 0.25) is 0 Å². The fourth-order valence-corrected chi connectivity index (χ4v) is 2.54. The first-order chi connectivity index (χ1) is 9.35. The second-order valence-corrected chi connectivity index (χ2v) is 6.53. The molecule has 0 amide bonds. The summed E-state index contributed by atoms with van der Waals surface area (Å²) in [5.41, 5.74) is 8.13. The lowest BCUT2D eigenvalue weighted by Gasteiger charge is -2.33. The van der Waals surface area contributed by atoms with Gasteiger partial charge in [0.15, 0.2) is 0 Å². The highest BCUT2D eigenvalue weighted by Gasteiger charge is 2.23. The van der Waals surface area contributed by atoms with Gasteiger partial charge in [0.05, 0.1) is 0 Å². The van der Waals surface area contributed by atoms with Crippen LogP contribution < -0.4 is 5.73 Å². The van der Waals surface area contributed by atoms with E-state index in [9.17, 15) is 0 Å². The lowest BCUT2D eigenvalue weighted by molar-refractivity contribution is 0.222. The molecular formula is C17H31N3. The fraction of sp³-hybridized carbons (Fsp3) is 0.647. The number of rotatable bonds is 8. The third-order valence-electron chi connectivity index (χ3n) is 3.84. The highest BCUT2D eigenvalue weighted by molar-refractivity contribution is 5.41. The van der Waals surface area contributed by atoms with Gasteiger partial charge < -0.3 is 15.5 Å². The Balaban J connectivity index is 2.60. The van der Waals surface area contributed by atoms with Crippen LogP contribution in [0.4, 0.5) is 5.69 Å². The van der Waals surface area contributed by atoms with Crippen molar-refractivity contribution in [1.82, 2.24) is 9.80 Å². The van der Waals surface area contributed by atoms with Crippen molar-refractivity contribution in [2.45, 2.75) is 32.6 Å². The molecular weight excluding hydrogens is 246 g/mol. The summed E-state index contributed by atoms with van der Waals surface area (Å²) in [5, 5.41) is 0. The van der Waals surface area contributed by atoms with E-state index in [1.54, 1.807) is 0 Å². The van der Waals surface area contributed by atoms with Gasteiger partial charge in [-0.1, -0.05) is 32.9 Å². The van der Waals surface area contributed by atoms with Gasteiger partial charge in [0.1, 0.15) is 0 Å².